The zero-order valence-electron chi connectivity index (χ0n) is 24.1. The van der Waals surface area contributed by atoms with E-state index in [2.05, 4.69) is 151 Å². The summed E-state index contributed by atoms with van der Waals surface area (Å²) in [5.74, 6) is 0.560. The summed E-state index contributed by atoms with van der Waals surface area (Å²) in [5.41, 5.74) is 9.56. The second kappa shape index (κ2) is 15.5. The maximum absolute atomic E-state index is 3.36. The molecule has 1 aliphatic carbocycles. The Balaban J connectivity index is 0.000000211. The number of allylic oxidation sites excluding steroid dienone is 4. The zero-order chi connectivity index (χ0) is 27.2. The third-order valence-corrected chi connectivity index (χ3v) is 8.80. The predicted octanol–water partition coefficient (Wildman–Crippen LogP) is 3.86. The Morgan fingerprint density at radius 1 is 0.650 bits per heavy atom. The van der Waals surface area contributed by atoms with Crippen molar-refractivity contribution in [3.63, 3.8) is 0 Å². The van der Waals surface area contributed by atoms with Crippen LogP contribution >= 0.6 is 0 Å². The standard InChI is InChI=1S/C15H13.C13H10.C9H13.2ClH.Zr/c1-10-3-5-14-12(7-10)9-13-8-11(2)4-6-15(13)14;1-3-7-12(8-4-1)11-13-9-5-2-6-10-13;1-6-5-7(2)9(4)8(6)3;;;/h3-9H,1-2H3;1-10H;6H,1-4H3;2*1H;/q-1;;-1;;;+2/p-2. The van der Waals surface area contributed by atoms with Crippen LogP contribution in [-0.4, -0.2) is 3.21 Å². The van der Waals surface area contributed by atoms with Gasteiger partial charge >= 0.3 is 99.2 Å². The van der Waals surface area contributed by atoms with Crippen molar-refractivity contribution in [1.29, 1.82) is 0 Å². The number of hydrogen-bond acceptors (Lipinski definition) is 0. The molecule has 1 atom stereocenters. The second-order valence-electron chi connectivity index (χ2n) is 10.2. The normalized spacial score (nSPS) is 13.8. The summed E-state index contributed by atoms with van der Waals surface area (Å²) in [4.78, 5) is 0. The molecule has 0 amide bonds. The number of rotatable bonds is 2. The van der Waals surface area contributed by atoms with E-state index in [-0.39, 0.29) is 24.8 Å². The fourth-order valence-corrected chi connectivity index (χ4v) is 5.62. The summed E-state index contributed by atoms with van der Waals surface area (Å²) >= 11 is 1.46. The van der Waals surface area contributed by atoms with Crippen molar-refractivity contribution in [1.82, 2.24) is 0 Å². The third kappa shape index (κ3) is 8.30. The summed E-state index contributed by atoms with van der Waals surface area (Å²) in [6.45, 7) is 13.0. The van der Waals surface area contributed by atoms with Crippen molar-refractivity contribution in [2.45, 2.75) is 41.5 Å². The topological polar surface area (TPSA) is 0 Å². The van der Waals surface area contributed by atoms with Gasteiger partial charge in [0.2, 0.25) is 0 Å². The van der Waals surface area contributed by atoms with E-state index in [0.717, 1.165) is 0 Å². The number of aryl methyl sites for hydroxylation is 2. The second-order valence-corrected chi connectivity index (χ2v) is 11.5. The first-order chi connectivity index (χ1) is 18.2. The summed E-state index contributed by atoms with van der Waals surface area (Å²) in [6.07, 6.45) is 3.36. The first-order valence-electron chi connectivity index (χ1n) is 13.3. The van der Waals surface area contributed by atoms with Gasteiger partial charge in [0, 0.05) is 0 Å². The summed E-state index contributed by atoms with van der Waals surface area (Å²) < 4.78 is 1.42. The van der Waals surface area contributed by atoms with Crippen LogP contribution < -0.4 is 24.8 Å². The monoisotopic (exact) mass is 640 g/mol. The van der Waals surface area contributed by atoms with Gasteiger partial charge in [0.1, 0.15) is 0 Å². The van der Waals surface area contributed by atoms with Crippen LogP contribution in [0, 0.1) is 25.8 Å². The first-order valence-corrected chi connectivity index (χ1v) is 14.5. The van der Waals surface area contributed by atoms with Crippen LogP contribution in [0.2, 0.25) is 0 Å². The molecule has 1 aliphatic rings. The van der Waals surface area contributed by atoms with Gasteiger partial charge < -0.3 is 24.8 Å². The Morgan fingerprint density at radius 2 is 1.07 bits per heavy atom. The van der Waals surface area contributed by atoms with E-state index in [0.29, 0.717) is 5.92 Å². The average molecular weight is 643 g/mol. The molecule has 40 heavy (non-hydrogen) atoms. The van der Waals surface area contributed by atoms with Crippen molar-refractivity contribution >= 4 is 24.8 Å². The quantitative estimate of drug-likeness (QED) is 0.257. The number of halogens is 2. The van der Waals surface area contributed by atoms with Gasteiger partial charge in [0.15, 0.2) is 0 Å². The third-order valence-electron chi connectivity index (χ3n) is 7.38. The van der Waals surface area contributed by atoms with Crippen LogP contribution in [-0.2, 0) is 24.2 Å². The van der Waals surface area contributed by atoms with Gasteiger partial charge in [-0.05, 0) is 13.8 Å². The molecule has 0 saturated carbocycles. The van der Waals surface area contributed by atoms with Gasteiger partial charge in [-0.2, -0.15) is 11.1 Å². The minimum absolute atomic E-state index is 0. The molecule has 5 aromatic carbocycles. The molecule has 0 heterocycles. The molecule has 0 aliphatic heterocycles. The maximum atomic E-state index is 3.36. The Hall–Kier alpha value is -2.44. The van der Waals surface area contributed by atoms with Crippen LogP contribution in [0.4, 0.5) is 0 Å². The van der Waals surface area contributed by atoms with Crippen molar-refractivity contribution in [3.8, 4) is 0 Å². The molecule has 0 nitrogen and oxygen atoms in total. The molecule has 6 rings (SSSR count). The van der Waals surface area contributed by atoms with Crippen LogP contribution in [0.25, 0.3) is 21.5 Å². The SMILES string of the molecule is CC1=[C-]C(C)C(C)=C1C.Cc1ccc2c(c1)[cH-]c1cc(C)ccc12.[Cl-].[Cl-].[Zr+2]=[C](c1ccccc1)c1ccccc1. The van der Waals surface area contributed by atoms with Gasteiger partial charge in [0.05, 0.1) is 0 Å². The molecule has 3 heteroatoms. The fraction of sp³-hybridized carbons (Fsp3) is 0.189. The van der Waals surface area contributed by atoms with E-state index >= 15 is 0 Å². The minimum atomic E-state index is 0. The summed E-state index contributed by atoms with van der Waals surface area (Å²) in [6, 6.07) is 36.7. The molecule has 0 saturated heterocycles. The van der Waals surface area contributed by atoms with Gasteiger partial charge in [-0.25, -0.2) is 5.57 Å². The van der Waals surface area contributed by atoms with Gasteiger partial charge in [0.25, 0.3) is 0 Å². The van der Waals surface area contributed by atoms with Gasteiger partial charge in [-0.3, -0.25) is 6.08 Å². The van der Waals surface area contributed by atoms with Crippen LogP contribution in [0.5, 0.6) is 0 Å². The molecule has 0 bridgehead atoms. The summed E-state index contributed by atoms with van der Waals surface area (Å²) in [7, 11) is 0. The number of fused-ring (bicyclic) bond motifs is 3. The Bertz CT molecular complexity index is 1530. The Kier molecular flexibility index (Phi) is 13.1. The molecule has 0 radical (unpaired) electrons. The van der Waals surface area contributed by atoms with E-state index in [1.807, 2.05) is 0 Å². The predicted molar refractivity (Wildman–Crippen MR) is 163 cm³/mol. The van der Waals surface area contributed by atoms with Crippen molar-refractivity contribution in [2.75, 3.05) is 0 Å². The van der Waals surface area contributed by atoms with E-state index in [9.17, 15) is 0 Å². The summed E-state index contributed by atoms with van der Waals surface area (Å²) in [5, 5.41) is 5.46. The first kappa shape index (κ1) is 33.8. The molecular weight excluding hydrogens is 607 g/mol. The molecule has 204 valence electrons. The average Bonchev–Trinajstić information content (AvgIpc) is 3.39. The van der Waals surface area contributed by atoms with Crippen molar-refractivity contribution < 1.29 is 49.0 Å². The van der Waals surface area contributed by atoms with Gasteiger partial charge in [-0.15, -0.1) is 46.7 Å². The zero-order valence-corrected chi connectivity index (χ0v) is 28.1. The van der Waals surface area contributed by atoms with Crippen molar-refractivity contribution in [2.24, 2.45) is 5.92 Å². The molecule has 1 unspecified atom stereocenters. The van der Waals surface area contributed by atoms with Crippen molar-refractivity contribution in [3.05, 3.63) is 148 Å². The van der Waals surface area contributed by atoms with E-state index < -0.39 is 0 Å². The van der Waals surface area contributed by atoms with E-state index in [1.54, 1.807) is 0 Å². The Labute approximate surface area is 267 Å². The fourth-order valence-electron chi connectivity index (χ4n) is 4.80. The van der Waals surface area contributed by atoms with E-state index in [4.69, 9.17) is 0 Å². The van der Waals surface area contributed by atoms with Crippen LogP contribution in [0.3, 0.4) is 0 Å². The molecule has 0 N–H and O–H groups in total. The molecule has 0 fully saturated rings. The van der Waals surface area contributed by atoms with Crippen LogP contribution in [0.15, 0.2) is 120 Å². The molecule has 0 spiro atoms. The molecule has 0 aromatic heterocycles. The molecule has 5 aromatic rings. The van der Waals surface area contributed by atoms with Crippen LogP contribution in [0.1, 0.15) is 49.9 Å². The number of benzene rings is 4. The van der Waals surface area contributed by atoms with Gasteiger partial charge in [-0.1, -0.05) is 62.1 Å². The Morgan fingerprint density at radius 3 is 1.40 bits per heavy atom. The number of hydrogen-bond donors (Lipinski definition) is 0. The molecular formula is C37H36Cl2Zr-2. The van der Waals surface area contributed by atoms with E-state index in [1.165, 1.54) is 88.0 Å².